The largest absolute Gasteiger partial charge is 0.507 e. The van der Waals surface area contributed by atoms with Gasteiger partial charge in [0, 0.05) is 29.2 Å². The second-order valence-corrected chi connectivity index (χ2v) is 9.37. The molecule has 3 heterocycles. The van der Waals surface area contributed by atoms with E-state index in [1.54, 1.807) is 6.07 Å². The highest BCUT2D eigenvalue weighted by atomic mass is 16.3. The third kappa shape index (κ3) is 4.15. The van der Waals surface area contributed by atoms with Crippen LogP contribution in [0.15, 0.2) is 109 Å². The monoisotopic (exact) mass is 482 g/mol. The second kappa shape index (κ2) is 9.36. The Balaban J connectivity index is 1.64. The highest BCUT2D eigenvalue weighted by molar-refractivity contribution is 5.94. The van der Waals surface area contributed by atoms with E-state index in [0.29, 0.717) is 17.3 Å². The molecule has 0 spiro atoms. The average Bonchev–Trinajstić information content (AvgIpc) is 3.33. The summed E-state index contributed by atoms with van der Waals surface area (Å²) in [5.41, 5.74) is 8.35. The van der Waals surface area contributed by atoms with Crippen LogP contribution >= 0.6 is 0 Å². The first-order chi connectivity index (χ1) is 18.1. The number of para-hydroxylation sites is 2. The van der Waals surface area contributed by atoms with Gasteiger partial charge in [0.2, 0.25) is 0 Å². The molecule has 0 aliphatic rings. The predicted octanol–water partition coefficient (Wildman–Crippen LogP) is 7.65. The molecular formula is C32H26N4O. The summed E-state index contributed by atoms with van der Waals surface area (Å²) in [4.78, 5) is 14.5. The number of aromatic hydroxyl groups is 1. The molecule has 0 fully saturated rings. The van der Waals surface area contributed by atoms with Gasteiger partial charge in [0.05, 0.1) is 11.3 Å². The fourth-order valence-corrected chi connectivity index (χ4v) is 4.69. The summed E-state index contributed by atoms with van der Waals surface area (Å²) in [6.07, 6.45) is 3.65. The van der Waals surface area contributed by atoms with E-state index >= 15 is 0 Å². The van der Waals surface area contributed by atoms with Crippen LogP contribution in [0.25, 0.3) is 50.6 Å². The Morgan fingerprint density at radius 3 is 2.22 bits per heavy atom. The number of nitrogens with zero attached hydrogens (tertiary/aromatic N) is 4. The van der Waals surface area contributed by atoms with Gasteiger partial charge in [-0.05, 0) is 71.6 Å². The summed E-state index contributed by atoms with van der Waals surface area (Å²) in [6.45, 7) is 4.40. The molecule has 6 aromatic rings. The summed E-state index contributed by atoms with van der Waals surface area (Å²) in [7, 11) is 0. The van der Waals surface area contributed by atoms with E-state index in [4.69, 9.17) is 9.97 Å². The van der Waals surface area contributed by atoms with Crippen LogP contribution in [-0.2, 0) is 0 Å². The van der Waals surface area contributed by atoms with E-state index in [1.165, 1.54) is 5.56 Å². The lowest BCUT2D eigenvalue weighted by Gasteiger charge is -2.13. The van der Waals surface area contributed by atoms with Crippen molar-refractivity contribution in [2.75, 3.05) is 0 Å². The molecule has 180 valence electrons. The molecule has 0 bridgehead atoms. The van der Waals surface area contributed by atoms with Crippen LogP contribution in [0.2, 0.25) is 0 Å². The smallest absolute Gasteiger partial charge is 0.165 e. The van der Waals surface area contributed by atoms with Crippen molar-refractivity contribution in [3.63, 3.8) is 0 Å². The number of phenols is 1. The molecule has 3 aromatic heterocycles. The standard InChI is InChI=1S/C32H26N4O/c1-21(2)22-18-23(20-24(19-22)28-13-8-9-16-33-28)26-15-17-34-32-30(26)35-31(27-12-6-7-14-29(27)37)36(32)25-10-4-3-5-11-25/h3-21,37H,1-2H3. The topological polar surface area (TPSA) is 63.8 Å². The number of fused-ring (bicyclic) bond motifs is 1. The lowest BCUT2D eigenvalue weighted by atomic mass is 9.93. The van der Waals surface area contributed by atoms with Crippen molar-refractivity contribution in [2.24, 2.45) is 0 Å². The van der Waals surface area contributed by atoms with E-state index in [0.717, 1.165) is 39.2 Å². The number of hydrogen-bond donors (Lipinski definition) is 1. The first-order valence-corrected chi connectivity index (χ1v) is 12.4. The Kier molecular flexibility index (Phi) is 5.73. The normalized spacial score (nSPS) is 11.3. The van der Waals surface area contributed by atoms with E-state index in [9.17, 15) is 5.11 Å². The highest BCUT2D eigenvalue weighted by Crippen LogP contribution is 2.38. The van der Waals surface area contributed by atoms with Gasteiger partial charge < -0.3 is 5.11 Å². The molecule has 5 heteroatoms. The minimum absolute atomic E-state index is 0.177. The molecule has 0 amide bonds. The van der Waals surface area contributed by atoms with Gasteiger partial charge in [0.25, 0.3) is 0 Å². The number of pyridine rings is 2. The van der Waals surface area contributed by atoms with Crippen molar-refractivity contribution in [3.05, 3.63) is 115 Å². The molecule has 0 saturated carbocycles. The van der Waals surface area contributed by atoms with Crippen LogP contribution in [0.5, 0.6) is 5.75 Å². The molecule has 0 aliphatic carbocycles. The minimum atomic E-state index is 0.177. The number of phenolic OH excluding ortho intramolecular Hbond substituents is 1. The molecule has 1 N–H and O–H groups in total. The van der Waals surface area contributed by atoms with Gasteiger partial charge in [0.15, 0.2) is 11.5 Å². The third-order valence-corrected chi connectivity index (χ3v) is 6.60. The maximum Gasteiger partial charge on any atom is 0.165 e. The van der Waals surface area contributed by atoms with Crippen LogP contribution in [0, 0.1) is 0 Å². The zero-order valence-electron chi connectivity index (χ0n) is 20.7. The molecule has 0 unspecified atom stereocenters. The number of hydrogen-bond acceptors (Lipinski definition) is 4. The molecular weight excluding hydrogens is 456 g/mol. The third-order valence-electron chi connectivity index (χ3n) is 6.60. The van der Waals surface area contributed by atoms with Crippen molar-refractivity contribution in [3.8, 4) is 45.2 Å². The molecule has 0 saturated heterocycles. The Hall–Kier alpha value is -4.77. The van der Waals surface area contributed by atoms with Crippen molar-refractivity contribution in [2.45, 2.75) is 19.8 Å². The van der Waals surface area contributed by atoms with Gasteiger partial charge in [0.1, 0.15) is 11.3 Å². The van der Waals surface area contributed by atoms with E-state index in [1.807, 2.05) is 89.8 Å². The number of imidazole rings is 1. The summed E-state index contributed by atoms with van der Waals surface area (Å²) >= 11 is 0. The van der Waals surface area contributed by atoms with Gasteiger partial charge in [-0.2, -0.15) is 0 Å². The summed E-state index contributed by atoms with van der Waals surface area (Å²) < 4.78 is 2.01. The van der Waals surface area contributed by atoms with Crippen LogP contribution in [0.3, 0.4) is 0 Å². The maximum atomic E-state index is 10.7. The van der Waals surface area contributed by atoms with Gasteiger partial charge in [-0.3, -0.25) is 9.55 Å². The minimum Gasteiger partial charge on any atom is -0.507 e. The van der Waals surface area contributed by atoms with E-state index < -0.39 is 0 Å². The predicted molar refractivity (Wildman–Crippen MR) is 149 cm³/mol. The molecule has 0 atom stereocenters. The van der Waals surface area contributed by atoms with Crippen molar-refractivity contribution >= 4 is 11.2 Å². The van der Waals surface area contributed by atoms with Crippen LogP contribution in [-0.4, -0.2) is 24.6 Å². The van der Waals surface area contributed by atoms with E-state index in [2.05, 4.69) is 37.0 Å². The SMILES string of the molecule is CC(C)c1cc(-c2ccccn2)cc(-c2ccnc3c2nc(-c2ccccc2O)n3-c2ccccc2)c1. The second-order valence-electron chi connectivity index (χ2n) is 9.37. The Morgan fingerprint density at radius 1 is 0.703 bits per heavy atom. The quantitative estimate of drug-likeness (QED) is 0.274. The van der Waals surface area contributed by atoms with Crippen LogP contribution in [0.4, 0.5) is 0 Å². The summed E-state index contributed by atoms with van der Waals surface area (Å²) in [6, 6.07) is 31.9. The molecule has 5 nitrogen and oxygen atoms in total. The fourth-order valence-electron chi connectivity index (χ4n) is 4.69. The average molecular weight is 483 g/mol. The van der Waals surface area contributed by atoms with Crippen molar-refractivity contribution < 1.29 is 5.11 Å². The number of benzene rings is 3. The zero-order valence-corrected chi connectivity index (χ0v) is 20.7. The zero-order chi connectivity index (χ0) is 25.4. The lowest BCUT2D eigenvalue weighted by molar-refractivity contribution is 0.477. The molecule has 37 heavy (non-hydrogen) atoms. The Labute approximate surface area is 215 Å². The Bertz CT molecular complexity index is 1710. The fraction of sp³-hybridized carbons (Fsp3) is 0.0938. The lowest BCUT2D eigenvalue weighted by Crippen LogP contribution is -1.98. The van der Waals surface area contributed by atoms with Gasteiger partial charge in [-0.1, -0.05) is 56.3 Å². The van der Waals surface area contributed by atoms with Gasteiger partial charge in [-0.15, -0.1) is 0 Å². The summed E-state index contributed by atoms with van der Waals surface area (Å²) in [5.74, 6) is 1.17. The molecule has 0 aliphatic heterocycles. The molecule has 6 rings (SSSR count). The first kappa shape index (κ1) is 22.7. The van der Waals surface area contributed by atoms with Gasteiger partial charge in [-0.25, -0.2) is 9.97 Å². The molecule has 3 aromatic carbocycles. The first-order valence-electron chi connectivity index (χ1n) is 12.4. The molecule has 0 radical (unpaired) electrons. The number of rotatable bonds is 5. The van der Waals surface area contributed by atoms with Crippen LogP contribution in [0.1, 0.15) is 25.3 Å². The van der Waals surface area contributed by atoms with Crippen LogP contribution < -0.4 is 0 Å². The van der Waals surface area contributed by atoms with Crippen molar-refractivity contribution in [1.82, 2.24) is 19.5 Å². The summed E-state index contributed by atoms with van der Waals surface area (Å²) in [5, 5.41) is 10.7. The van der Waals surface area contributed by atoms with Crippen molar-refractivity contribution in [1.29, 1.82) is 0 Å². The number of aromatic nitrogens is 4. The van der Waals surface area contributed by atoms with E-state index in [-0.39, 0.29) is 5.75 Å². The highest BCUT2D eigenvalue weighted by Gasteiger charge is 2.21. The maximum absolute atomic E-state index is 10.7. The van der Waals surface area contributed by atoms with Gasteiger partial charge >= 0.3 is 0 Å². The Morgan fingerprint density at radius 2 is 1.46 bits per heavy atom.